The van der Waals surface area contributed by atoms with Crippen LogP contribution < -0.4 is 5.73 Å². The summed E-state index contributed by atoms with van der Waals surface area (Å²) in [7, 11) is 0. The highest BCUT2D eigenvalue weighted by Gasteiger charge is 2.20. The van der Waals surface area contributed by atoms with Crippen molar-refractivity contribution in [2.24, 2.45) is 5.73 Å². The number of carbonyl (C=O) groups excluding carboxylic acids is 1. The van der Waals surface area contributed by atoms with Gasteiger partial charge in [-0.1, -0.05) is 0 Å². The number of Topliss-reactive ketones (excluding diaryl/α,β-unsaturated/α-hetero) is 1. The molecule has 1 fully saturated rings. The first-order valence-electron chi connectivity index (χ1n) is 5.52. The summed E-state index contributed by atoms with van der Waals surface area (Å²) in [5.74, 6) is 0.175. The van der Waals surface area contributed by atoms with Crippen LogP contribution in [0.25, 0.3) is 0 Å². The number of nitrogens with two attached hydrogens (primary N) is 1. The number of nitrogens with zero attached hydrogens (tertiary/aromatic N) is 1. The third-order valence-corrected chi connectivity index (χ3v) is 5.30. The third-order valence-electron chi connectivity index (χ3n) is 2.96. The van der Waals surface area contributed by atoms with E-state index in [0.29, 0.717) is 12.6 Å². The number of hydrogen-bond acceptors (Lipinski definition) is 4. The van der Waals surface area contributed by atoms with E-state index in [1.54, 1.807) is 0 Å². The fourth-order valence-corrected chi connectivity index (χ4v) is 4.79. The number of ketones is 1. The number of hydrogen-bond donors (Lipinski definition) is 1. The number of carbonyl (C=O) groups is 1. The van der Waals surface area contributed by atoms with Crippen molar-refractivity contribution >= 4 is 49.0 Å². The van der Waals surface area contributed by atoms with Crippen LogP contribution in [0.5, 0.6) is 0 Å². The zero-order valence-electron chi connectivity index (χ0n) is 9.29. The van der Waals surface area contributed by atoms with E-state index in [9.17, 15) is 4.79 Å². The normalized spacial score (nSPS) is 18.5. The van der Waals surface area contributed by atoms with Gasteiger partial charge >= 0.3 is 0 Å². The fraction of sp³-hybridized carbons (Fsp3) is 0.545. The molecule has 0 aromatic carbocycles. The first-order valence-corrected chi connectivity index (χ1v) is 7.92. The Kier molecular flexibility index (Phi) is 4.77. The lowest BCUT2D eigenvalue weighted by Gasteiger charge is -2.29. The van der Waals surface area contributed by atoms with E-state index in [-0.39, 0.29) is 5.78 Å². The molecule has 2 rings (SSSR count). The smallest absolute Gasteiger partial charge is 0.178 e. The maximum atomic E-state index is 12.1. The first kappa shape index (κ1) is 13.7. The van der Waals surface area contributed by atoms with Crippen LogP contribution in [-0.4, -0.2) is 36.4 Å². The van der Waals surface area contributed by atoms with Crippen molar-refractivity contribution in [2.45, 2.75) is 18.9 Å². The van der Waals surface area contributed by atoms with Crippen LogP contribution in [0.4, 0.5) is 0 Å². The van der Waals surface area contributed by atoms with E-state index >= 15 is 0 Å². The highest BCUT2D eigenvalue weighted by Crippen LogP contribution is 2.32. The molecule has 1 aliphatic rings. The summed E-state index contributed by atoms with van der Waals surface area (Å²) >= 11 is 8.35. The summed E-state index contributed by atoms with van der Waals surface area (Å²) in [5.41, 5.74) is 6.62. The number of likely N-dealkylation sites (tertiary alicyclic amines) is 1. The average molecular weight is 382 g/mol. The van der Waals surface area contributed by atoms with Gasteiger partial charge in [-0.25, -0.2) is 0 Å². The molecule has 6 heteroatoms. The van der Waals surface area contributed by atoms with Crippen molar-refractivity contribution in [3.05, 3.63) is 19.2 Å². The average Bonchev–Trinajstić information content (AvgIpc) is 2.61. The van der Waals surface area contributed by atoms with Crippen molar-refractivity contribution in [2.75, 3.05) is 19.6 Å². The van der Waals surface area contributed by atoms with E-state index in [1.165, 1.54) is 11.3 Å². The Balaban J connectivity index is 1.95. The maximum absolute atomic E-state index is 12.1. The van der Waals surface area contributed by atoms with Crippen LogP contribution in [0.15, 0.2) is 13.6 Å². The van der Waals surface area contributed by atoms with E-state index < -0.39 is 0 Å². The summed E-state index contributed by atoms with van der Waals surface area (Å²) in [6, 6.07) is 2.19. The zero-order valence-corrected chi connectivity index (χ0v) is 13.3. The van der Waals surface area contributed by atoms with Crippen molar-refractivity contribution in [1.82, 2.24) is 4.90 Å². The summed E-state index contributed by atoms with van der Waals surface area (Å²) in [6.07, 6.45) is 1.98. The highest BCUT2D eigenvalue weighted by molar-refractivity contribution is 9.12. The molecule has 0 radical (unpaired) electrons. The summed E-state index contributed by atoms with van der Waals surface area (Å²) in [4.78, 5) is 14.3. The second kappa shape index (κ2) is 5.93. The van der Waals surface area contributed by atoms with Crippen LogP contribution in [0.3, 0.4) is 0 Å². The van der Waals surface area contributed by atoms with Crippen LogP contribution in [0, 0.1) is 0 Å². The minimum absolute atomic E-state index is 0.175. The molecule has 0 amide bonds. The third kappa shape index (κ3) is 3.61. The lowest BCUT2D eigenvalue weighted by atomic mass is 10.1. The second-order valence-electron chi connectivity index (χ2n) is 4.27. The monoisotopic (exact) mass is 380 g/mol. The molecule has 0 atom stereocenters. The summed E-state index contributed by atoms with van der Waals surface area (Å²) in [6.45, 7) is 2.35. The Morgan fingerprint density at radius 3 is 2.65 bits per heavy atom. The molecule has 1 aromatic rings. The fourth-order valence-electron chi connectivity index (χ4n) is 1.93. The maximum Gasteiger partial charge on any atom is 0.178 e. The van der Waals surface area contributed by atoms with Crippen molar-refractivity contribution in [3.8, 4) is 0 Å². The number of rotatable bonds is 3. The Morgan fingerprint density at radius 1 is 1.47 bits per heavy atom. The second-order valence-corrected chi connectivity index (χ2v) is 8.02. The zero-order chi connectivity index (χ0) is 12.4. The molecule has 17 heavy (non-hydrogen) atoms. The predicted molar refractivity (Wildman–Crippen MR) is 77.7 cm³/mol. The molecule has 1 saturated heterocycles. The standard InChI is InChI=1S/C11H14Br2N2OS/c12-10-5-8(11(13)17-10)9(16)6-15-3-1-7(14)2-4-15/h5,7H,1-4,6,14H2. The van der Waals surface area contributed by atoms with Gasteiger partial charge in [-0.3, -0.25) is 9.69 Å². The molecule has 0 aliphatic carbocycles. The molecule has 1 aliphatic heterocycles. The quantitative estimate of drug-likeness (QED) is 0.819. The van der Waals surface area contributed by atoms with Gasteiger partial charge in [0.25, 0.3) is 0 Å². The van der Waals surface area contributed by atoms with E-state index in [0.717, 1.165) is 39.1 Å². The molecular formula is C11H14Br2N2OS. The molecule has 1 aromatic heterocycles. The number of piperidine rings is 1. The summed E-state index contributed by atoms with van der Waals surface area (Å²) < 4.78 is 1.89. The minimum Gasteiger partial charge on any atom is -0.328 e. The lowest BCUT2D eigenvalue weighted by molar-refractivity contribution is 0.0909. The molecule has 2 heterocycles. The Bertz CT molecular complexity index is 414. The van der Waals surface area contributed by atoms with E-state index in [1.807, 2.05) is 6.07 Å². The topological polar surface area (TPSA) is 46.3 Å². The molecule has 0 spiro atoms. The number of halogens is 2. The Labute approximate surface area is 122 Å². The molecule has 3 nitrogen and oxygen atoms in total. The minimum atomic E-state index is 0.175. The van der Waals surface area contributed by atoms with Gasteiger partial charge in [-0.15, -0.1) is 11.3 Å². The van der Waals surface area contributed by atoms with Crippen LogP contribution >= 0.6 is 43.2 Å². The van der Waals surface area contributed by atoms with Crippen LogP contribution in [0.1, 0.15) is 23.2 Å². The van der Waals surface area contributed by atoms with Gasteiger partial charge in [0.05, 0.1) is 14.1 Å². The van der Waals surface area contributed by atoms with Gasteiger partial charge < -0.3 is 5.73 Å². The van der Waals surface area contributed by atoms with Crippen molar-refractivity contribution in [3.63, 3.8) is 0 Å². The molecular weight excluding hydrogens is 368 g/mol. The Morgan fingerprint density at radius 2 is 2.12 bits per heavy atom. The van der Waals surface area contributed by atoms with Crippen LogP contribution in [0.2, 0.25) is 0 Å². The largest absolute Gasteiger partial charge is 0.328 e. The van der Waals surface area contributed by atoms with E-state index in [2.05, 4.69) is 36.8 Å². The van der Waals surface area contributed by atoms with Gasteiger partial charge in [0.2, 0.25) is 0 Å². The molecule has 2 N–H and O–H groups in total. The molecule has 0 bridgehead atoms. The molecule has 94 valence electrons. The Hall–Kier alpha value is 0.250. The van der Waals surface area contributed by atoms with Gasteiger partial charge in [0.15, 0.2) is 5.78 Å². The SMILES string of the molecule is NC1CCN(CC(=O)c2cc(Br)sc2Br)CC1. The highest BCUT2D eigenvalue weighted by atomic mass is 79.9. The van der Waals surface area contributed by atoms with E-state index in [4.69, 9.17) is 5.73 Å². The van der Waals surface area contributed by atoms with Gasteiger partial charge in [-0.2, -0.15) is 0 Å². The van der Waals surface area contributed by atoms with Gasteiger partial charge in [0, 0.05) is 24.7 Å². The predicted octanol–water partition coefficient (Wildman–Crippen LogP) is 2.88. The van der Waals surface area contributed by atoms with Crippen LogP contribution in [-0.2, 0) is 0 Å². The van der Waals surface area contributed by atoms with Crippen molar-refractivity contribution < 1.29 is 4.79 Å². The van der Waals surface area contributed by atoms with Gasteiger partial charge in [-0.05, 0) is 50.8 Å². The molecule has 0 saturated carbocycles. The number of thiophene rings is 1. The van der Waals surface area contributed by atoms with Gasteiger partial charge in [0.1, 0.15) is 0 Å². The van der Waals surface area contributed by atoms with Crippen molar-refractivity contribution in [1.29, 1.82) is 0 Å². The lowest BCUT2D eigenvalue weighted by Crippen LogP contribution is -2.41. The molecule has 0 unspecified atom stereocenters. The summed E-state index contributed by atoms with van der Waals surface area (Å²) in [5, 5.41) is 0. The first-order chi connectivity index (χ1) is 8.06.